The van der Waals surface area contributed by atoms with Crippen LogP contribution in [-0.2, 0) is 18.9 Å². The van der Waals surface area contributed by atoms with E-state index in [0.717, 1.165) is 10.6 Å². The van der Waals surface area contributed by atoms with Crippen LogP contribution < -0.4 is 26.2 Å². The van der Waals surface area contributed by atoms with Crippen molar-refractivity contribution in [2.75, 3.05) is 31.1 Å². The van der Waals surface area contributed by atoms with Gasteiger partial charge in [0.25, 0.3) is 5.56 Å². The number of piperazine rings is 1. The molecule has 5 rings (SSSR count). The largest absolute Gasteiger partial charge is 0.491 e. The maximum atomic E-state index is 13.3. The molecule has 1 fully saturated rings. The molecule has 1 N–H and O–H groups in total. The molecule has 188 valence electrons. The van der Waals surface area contributed by atoms with E-state index in [1.807, 2.05) is 4.90 Å². The Labute approximate surface area is 200 Å². The summed E-state index contributed by atoms with van der Waals surface area (Å²) in [5, 5.41) is 3.76. The minimum Gasteiger partial charge on any atom is -0.401 e. The highest BCUT2D eigenvalue weighted by Gasteiger charge is 2.41. The van der Waals surface area contributed by atoms with Gasteiger partial charge >= 0.3 is 17.8 Å². The second-order valence-electron chi connectivity index (χ2n) is 8.25. The summed E-state index contributed by atoms with van der Waals surface area (Å²) < 4.78 is 46.4. The maximum absolute atomic E-state index is 13.3. The first-order valence-corrected chi connectivity index (χ1v) is 10.9. The highest BCUT2D eigenvalue weighted by atomic mass is 19.4. The Kier molecular flexibility index (Phi) is 5.54. The summed E-state index contributed by atoms with van der Waals surface area (Å²) in [6, 6.07) is 7.62. The Morgan fingerprint density at radius 1 is 1.03 bits per heavy atom. The summed E-state index contributed by atoms with van der Waals surface area (Å²) >= 11 is 0. The van der Waals surface area contributed by atoms with Crippen molar-refractivity contribution in [3.8, 4) is 11.6 Å². The van der Waals surface area contributed by atoms with Crippen molar-refractivity contribution in [2.45, 2.75) is 6.18 Å². The average molecular weight is 503 g/mol. The number of halogens is 3. The molecule has 0 aliphatic carbocycles. The number of hydrogen-bond acceptors (Lipinski definition) is 8. The predicted molar refractivity (Wildman–Crippen MR) is 124 cm³/mol. The molecule has 4 aromatic rings. The van der Waals surface area contributed by atoms with E-state index in [1.54, 1.807) is 22.8 Å². The number of para-hydroxylation sites is 1. The van der Waals surface area contributed by atoms with Crippen LogP contribution >= 0.6 is 0 Å². The summed E-state index contributed by atoms with van der Waals surface area (Å²) in [5.41, 5.74) is -0.408. The number of carbonyl (C=O) groups excluding carboxylic acids is 1. The van der Waals surface area contributed by atoms with Gasteiger partial charge in [0.2, 0.25) is 11.8 Å². The number of aromatic nitrogens is 5. The van der Waals surface area contributed by atoms with Crippen LogP contribution in [0.15, 0.2) is 39.9 Å². The Bertz CT molecular complexity index is 1630. The summed E-state index contributed by atoms with van der Waals surface area (Å²) in [6.45, 7) is 2.44. The van der Waals surface area contributed by atoms with Crippen molar-refractivity contribution in [2.24, 2.45) is 14.1 Å². The number of hydrogen-bond donors (Lipinski definition) is 1. The van der Waals surface area contributed by atoms with Crippen molar-refractivity contribution < 1.29 is 22.7 Å². The van der Waals surface area contributed by atoms with Crippen LogP contribution in [0.3, 0.4) is 0 Å². The summed E-state index contributed by atoms with van der Waals surface area (Å²) in [5.74, 6) is -2.58. The van der Waals surface area contributed by atoms with Gasteiger partial charge in [-0.25, -0.2) is 14.6 Å². The fraction of sp³-hybridized carbons (Fsp3) is 0.318. The van der Waals surface area contributed by atoms with Gasteiger partial charge < -0.3 is 15.0 Å². The zero-order chi connectivity index (χ0) is 25.8. The first-order valence-electron chi connectivity index (χ1n) is 10.9. The molecular weight excluding hydrogens is 483 g/mol. The number of anilines is 1. The van der Waals surface area contributed by atoms with Crippen LogP contribution in [-0.4, -0.2) is 62.0 Å². The number of imidazole rings is 1. The summed E-state index contributed by atoms with van der Waals surface area (Å²) in [4.78, 5) is 48.0. The third-order valence-corrected chi connectivity index (χ3v) is 5.98. The van der Waals surface area contributed by atoms with Gasteiger partial charge in [0, 0.05) is 51.7 Å². The molecule has 0 spiro atoms. The molecule has 0 saturated carbocycles. The number of pyridine rings is 1. The number of alkyl halides is 3. The quantitative estimate of drug-likeness (QED) is 0.409. The molecule has 3 aromatic heterocycles. The average Bonchev–Trinajstić information content (AvgIpc) is 3.26. The molecule has 0 unspecified atom stereocenters. The summed E-state index contributed by atoms with van der Waals surface area (Å²) in [7, 11) is 2.85. The maximum Gasteiger partial charge on any atom is 0.491 e. The van der Waals surface area contributed by atoms with Crippen LogP contribution in [0.4, 0.5) is 19.1 Å². The molecule has 11 nitrogen and oxygen atoms in total. The standard InChI is InChI=1S/C22H20F3N7O4/c1-29-17-16(18(33)30(2)21(29)35)32(20(28-17)31-10-8-26-9-11-31)13-5-3-4-12-6-7-14(27-15(12)13)36-19(34)22(23,24)25/h3-7,26H,8-11H2,1-2H3. The fourth-order valence-electron chi connectivity index (χ4n) is 4.19. The van der Waals surface area contributed by atoms with E-state index in [4.69, 9.17) is 0 Å². The minimum absolute atomic E-state index is 0.0973. The Hall–Kier alpha value is -4.20. The number of aryl methyl sites for hydroxylation is 1. The van der Waals surface area contributed by atoms with Gasteiger partial charge in [-0.15, -0.1) is 0 Å². The number of fused-ring (bicyclic) bond motifs is 2. The molecule has 36 heavy (non-hydrogen) atoms. The molecule has 1 saturated heterocycles. The molecule has 1 aliphatic rings. The molecule has 0 amide bonds. The van der Waals surface area contributed by atoms with Crippen molar-refractivity contribution in [3.05, 3.63) is 51.2 Å². The van der Waals surface area contributed by atoms with Gasteiger partial charge in [-0.05, 0) is 12.1 Å². The van der Waals surface area contributed by atoms with Crippen molar-refractivity contribution >= 4 is 34.0 Å². The number of nitrogens with zero attached hydrogens (tertiary/aromatic N) is 6. The number of carbonyl (C=O) groups is 1. The SMILES string of the molecule is Cn1c(=O)c2c(nc(N3CCNCC3)n2-c2cccc3ccc(OC(=O)C(F)(F)F)nc23)n(C)c1=O. The van der Waals surface area contributed by atoms with Crippen LogP contribution in [0.25, 0.3) is 27.8 Å². The predicted octanol–water partition coefficient (Wildman–Crippen LogP) is 0.848. The highest BCUT2D eigenvalue weighted by Crippen LogP contribution is 2.31. The number of ether oxygens (including phenoxy) is 1. The Morgan fingerprint density at radius 3 is 2.44 bits per heavy atom. The van der Waals surface area contributed by atoms with E-state index in [2.05, 4.69) is 20.0 Å². The van der Waals surface area contributed by atoms with Gasteiger partial charge in [0.15, 0.2) is 11.2 Å². The van der Waals surface area contributed by atoms with Gasteiger partial charge in [0.05, 0.1) is 11.2 Å². The van der Waals surface area contributed by atoms with Gasteiger partial charge in [-0.2, -0.15) is 18.2 Å². The number of esters is 1. The van der Waals surface area contributed by atoms with Crippen molar-refractivity contribution in [3.63, 3.8) is 0 Å². The number of nitrogens with one attached hydrogen (secondary N) is 1. The Balaban J connectivity index is 1.81. The van der Waals surface area contributed by atoms with Crippen molar-refractivity contribution in [1.82, 2.24) is 29.0 Å². The topological polar surface area (TPSA) is 116 Å². The van der Waals surface area contributed by atoms with E-state index in [1.165, 1.54) is 24.7 Å². The van der Waals surface area contributed by atoms with E-state index in [9.17, 15) is 27.6 Å². The third-order valence-electron chi connectivity index (χ3n) is 5.98. The van der Waals surface area contributed by atoms with Crippen LogP contribution in [0, 0.1) is 0 Å². The van der Waals surface area contributed by atoms with Crippen LogP contribution in [0.2, 0.25) is 0 Å². The molecular formula is C22H20F3N7O4. The third kappa shape index (κ3) is 3.79. The molecule has 4 heterocycles. The summed E-state index contributed by atoms with van der Waals surface area (Å²) in [6.07, 6.45) is -5.19. The Morgan fingerprint density at radius 2 is 1.75 bits per heavy atom. The fourth-order valence-corrected chi connectivity index (χ4v) is 4.19. The second-order valence-corrected chi connectivity index (χ2v) is 8.25. The zero-order valence-corrected chi connectivity index (χ0v) is 19.2. The van der Waals surface area contributed by atoms with Crippen LogP contribution in [0.1, 0.15) is 0 Å². The van der Waals surface area contributed by atoms with Gasteiger partial charge in [0.1, 0.15) is 0 Å². The lowest BCUT2D eigenvalue weighted by atomic mass is 10.2. The molecule has 0 atom stereocenters. The lowest BCUT2D eigenvalue weighted by Gasteiger charge is -2.29. The highest BCUT2D eigenvalue weighted by molar-refractivity contribution is 5.91. The van der Waals surface area contributed by atoms with Crippen molar-refractivity contribution in [1.29, 1.82) is 0 Å². The molecule has 0 bridgehead atoms. The van der Waals surface area contributed by atoms with E-state index in [-0.39, 0.29) is 16.7 Å². The molecule has 1 aliphatic heterocycles. The van der Waals surface area contributed by atoms with E-state index >= 15 is 0 Å². The molecule has 14 heteroatoms. The molecule has 0 radical (unpaired) electrons. The normalized spacial score (nSPS) is 14.5. The zero-order valence-electron chi connectivity index (χ0n) is 19.2. The monoisotopic (exact) mass is 503 g/mol. The smallest absolute Gasteiger partial charge is 0.401 e. The number of rotatable bonds is 3. The van der Waals surface area contributed by atoms with Gasteiger partial charge in [-0.1, -0.05) is 12.1 Å². The van der Waals surface area contributed by atoms with E-state index < -0.39 is 29.3 Å². The lowest BCUT2D eigenvalue weighted by Crippen LogP contribution is -2.44. The van der Waals surface area contributed by atoms with E-state index in [0.29, 0.717) is 43.2 Å². The van der Waals surface area contributed by atoms with Crippen LogP contribution in [0.5, 0.6) is 5.88 Å². The number of benzene rings is 1. The second kappa shape index (κ2) is 8.48. The van der Waals surface area contributed by atoms with Gasteiger partial charge in [-0.3, -0.25) is 18.5 Å². The lowest BCUT2D eigenvalue weighted by molar-refractivity contribution is -0.189. The first kappa shape index (κ1) is 23.5. The molecule has 1 aromatic carbocycles. The first-order chi connectivity index (χ1) is 17.1. The minimum atomic E-state index is -5.19.